The Morgan fingerprint density at radius 3 is 2.81 bits per heavy atom. The Morgan fingerprint density at radius 2 is 2.10 bits per heavy atom. The van der Waals surface area contributed by atoms with Crippen molar-refractivity contribution < 1.29 is 0 Å². The lowest BCUT2D eigenvalue weighted by molar-refractivity contribution is 0.793. The fourth-order valence-electron chi connectivity index (χ4n) is 2.43. The average Bonchev–Trinajstić information content (AvgIpc) is 2.92. The Hall–Kier alpha value is -2.74. The van der Waals surface area contributed by atoms with E-state index in [2.05, 4.69) is 33.5 Å². The lowest BCUT2D eigenvalue weighted by atomic mass is 10.2. The van der Waals surface area contributed by atoms with E-state index < -0.39 is 0 Å². The molecule has 0 aliphatic rings. The predicted octanol–water partition coefficient (Wildman–Crippen LogP) is 3.63. The van der Waals surface area contributed by atoms with Gasteiger partial charge < -0.3 is 4.57 Å². The van der Waals surface area contributed by atoms with Crippen LogP contribution in [-0.4, -0.2) is 19.7 Å². The third kappa shape index (κ3) is 2.25. The Balaban J connectivity index is 2.24. The maximum atomic E-state index is 7.15. The zero-order valence-electron chi connectivity index (χ0n) is 12.0. The number of fused-ring (bicyclic) bond motifs is 1. The van der Waals surface area contributed by atoms with Gasteiger partial charge in [-0.05, 0) is 31.5 Å². The molecule has 3 aromatic rings. The summed E-state index contributed by atoms with van der Waals surface area (Å²) in [6, 6.07) is 7.61. The number of hydrogen-bond acceptors (Lipinski definition) is 3. The normalized spacial score (nSPS) is 10.7. The first-order valence-corrected chi connectivity index (χ1v) is 6.96. The van der Waals surface area contributed by atoms with Crippen LogP contribution in [0.4, 0.5) is 5.69 Å². The quantitative estimate of drug-likeness (QED) is 0.687. The van der Waals surface area contributed by atoms with Gasteiger partial charge in [0.25, 0.3) is 0 Å². The van der Waals surface area contributed by atoms with Crippen molar-refractivity contribution in [3.8, 4) is 11.4 Å². The number of benzene rings is 1. The van der Waals surface area contributed by atoms with E-state index in [1.165, 1.54) is 0 Å². The summed E-state index contributed by atoms with van der Waals surface area (Å²) in [7, 11) is 0. The predicted molar refractivity (Wildman–Crippen MR) is 82.1 cm³/mol. The van der Waals surface area contributed by atoms with Crippen molar-refractivity contribution in [2.75, 3.05) is 0 Å². The van der Waals surface area contributed by atoms with E-state index in [-0.39, 0.29) is 0 Å². The van der Waals surface area contributed by atoms with Crippen molar-refractivity contribution in [3.05, 3.63) is 47.6 Å². The van der Waals surface area contributed by atoms with E-state index in [0.29, 0.717) is 5.69 Å². The van der Waals surface area contributed by atoms with Gasteiger partial charge in [0.2, 0.25) is 0 Å². The number of nitrogens with zero attached hydrogens (tertiary/aromatic N) is 5. The molecule has 3 rings (SSSR count). The summed E-state index contributed by atoms with van der Waals surface area (Å²) in [5.41, 5.74) is 4.42. The van der Waals surface area contributed by atoms with Crippen molar-refractivity contribution in [2.24, 2.45) is 0 Å². The molecule has 0 saturated carbocycles. The maximum absolute atomic E-state index is 7.15. The molecule has 5 heteroatoms. The topological polar surface area (TPSA) is 48.0 Å². The van der Waals surface area contributed by atoms with Crippen molar-refractivity contribution in [2.45, 2.75) is 26.8 Å². The summed E-state index contributed by atoms with van der Waals surface area (Å²) < 4.78 is 2.11. The molecule has 0 radical (unpaired) electrons. The monoisotopic (exact) mass is 277 g/mol. The van der Waals surface area contributed by atoms with Gasteiger partial charge in [0.15, 0.2) is 5.69 Å². The summed E-state index contributed by atoms with van der Waals surface area (Å²) >= 11 is 0. The highest BCUT2D eigenvalue weighted by Gasteiger charge is 2.13. The van der Waals surface area contributed by atoms with E-state index in [0.717, 1.165) is 41.1 Å². The second kappa shape index (κ2) is 5.33. The van der Waals surface area contributed by atoms with Crippen LogP contribution in [0.2, 0.25) is 0 Å². The lowest BCUT2D eigenvalue weighted by Gasteiger charge is -2.06. The minimum atomic E-state index is 0.630. The Kier molecular flexibility index (Phi) is 3.36. The van der Waals surface area contributed by atoms with Gasteiger partial charge in [-0.15, -0.1) is 0 Å². The smallest absolute Gasteiger partial charge is 0.189 e. The van der Waals surface area contributed by atoms with Crippen molar-refractivity contribution in [1.82, 2.24) is 19.7 Å². The molecule has 2 heterocycles. The fraction of sp³-hybridized carbons (Fsp3) is 0.250. The van der Waals surface area contributed by atoms with Gasteiger partial charge in [-0.2, -0.15) is 10.2 Å². The molecule has 0 unspecified atom stereocenters. The molecule has 0 spiro atoms. The molecular weight excluding hydrogens is 262 g/mol. The highest BCUT2D eigenvalue weighted by atomic mass is 15.1. The molecule has 0 saturated heterocycles. The standard InChI is InChI=1S/C16H15N5/c1-4-12-8-11(10-18-20-12)16-19-14-7-6-13(17-3)9-15(14)21(16)5-2/h6-10H,4-5H2,1-2H3. The van der Waals surface area contributed by atoms with Crippen LogP contribution in [0.25, 0.3) is 27.3 Å². The number of hydrogen-bond donors (Lipinski definition) is 0. The number of imidazole rings is 1. The summed E-state index contributed by atoms with van der Waals surface area (Å²) in [4.78, 5) is 8.19. The number of aryl methyl sites for hydroxylation is 2. The van der Waals surface area contributed by atoms with Gasteiger partial charge in [-0.25, -0.2) is 9.83 Å². The third-order valence-electron chi connectivity index (χ3n) is 3.50. The van der Waals surface area contributed by atoms with Gasteiger partial charge in [-0.1, -0.05) is 13.0 Å². The van der Waals surface area contributed by atoms with E-state index in [1.54, 1.807) is 12.3 Å². The van der Waals surface area contributed by atoms with Crippen LogP contribution in [0.15, 0.2) is 30.5 Å². The van der Waals surface area contributed by atoms with Crippen LogP contribution >= 0.6 is 0 Å². The van der Waals surface area contributed by atoms with E-state index >= 15 is 0 Å². The van der Waals surface area contributed by atoms with Gasteiger partial charge >= 0.3 is 0 Å². The molecule has 0 fully saturated rings. The molecule has 0 aliphatic carbocycles. The van der Waals surface area contributed by atoms with Crippen molar-refractivity contribution >= 4 is 16.7 Å². The molecule has 0 atom stereocenters. The Labute approximate surface area is 123 Å². The van der Waals surface area contributed by atoms with Crippen LogP contribution in [0.1, 0.15) is 19.5 Å². The van der Waals surface area contributed by atoms with Crippen molar-refractivity contribution in [1.29, 1.82) is 0 Å². The minimum Gasteiger partial charge on any atom is -0.325 e. The van der Waals surface area contributed by atoms with Gasteiger partial charge in [-0.3, -0.25) is 0 Å². The number of aromatic nitrogens is 4. The second-order valence-corrected chi connectivity index (χ2v) is 4.75. The first-order chi connectivity index (χ1) is 10.3. The first kappa shape index (κ1) is 13.3. The summed E-state index contributed by atoms with van der Waals surface area (Å²) in [6.45, 7) is 12.1. The summed E-state index contributed by atoms with van der Waals surface area (Å²) in [6.07, 6.45) is 2.58. The molecule has 2 aromatic heterocycles. The lowest BCUT2D eigenvalue weighted by Crippen LogP contribution is -1.99. The van der Waals surface area contributed by atoms with Crippen LogP contribution in [-0.2, 0) is 13.0 Å². The molecule has 0 amide bonds. The number of rotatable bonds is 3. The molecular formula is C16H15N5. The van der Waals surface area contributed by atoms with Crippen LogP contribution in [0, 0.1) is 6.57 Å². The SMILES string of the molecule is [C-]#[N+]c1ccc2nc(-c3cnnc(CC)c3)n(CC)c2c1. The Bertz CT molecular complexity index is 841. The second-order valence-electron chi connectivity index (χ2n) is 4.75. The summed E-state index contributed by atoms with van der Waals surface area (Å²) in [5.74, 6) is 0.874. The maximum Gasteiger partial charge on any atom is 0.189 e. The third-order valence-corrected chi connectivity index (χ3v) is 3.50. The summed E-state index contributed by atoms with van der Waals surface area (Å²) in [5, 5.41) is 8.15. The molecule has 21 heavy (non-hydrogen) atoms. The largest absolute Gasteiger partial charge is 0.325 e. The van der Waals surface area contributed by atoms with Gasteiger partial charge in [0.1, 0.15) is 5.82 Å². The first-order valence-electron chi connectivity index (χ1n) is 6.96. The fourth-order valence-corrected chi connectivity index (χ4v) is 2.43. The van der Waals surface area contributed by atoms with E-state index in [9.17, 15) is 0 Å². The zero-order chi connectivity index (χ0) is 14.8. The van der Waals surface area contributed by atoms with Gasteiger partial charge in [0, 0.05) is 12.1 Å². The minimum absolute atomic E-state index is 0.630. The molecule has 0 bridgehead atoms. The molecule has 0 aliphatic heterocycles. The zero-order valence-corrected chi connectivity index (χ0v) is 12.0. The molecule has 1 aromatic carbocycles. The van der Waals surface area contributed by atoms with Crippen LogP contribution in [0.3, 0.4) is 0 Å². The average molecular weight is 277 g/mol. The molecule has 5 nitrogen and oxygen atoms in total. The van der Waals surface area contributed by atoms with E-state index in [1.807, 2.05) is 18.2 Å². The highest BCUT2D eigenvalue weighted by Crippen LogP contribution is 2.27. The van der Waals surface area contributed by atoms with Crippen LogP contribution < -0.4 is 0 Å². The van der Waals surface area contributed by atoms with E-state index in [4.69, 9.17) is 11.6 Å². The molecule has 104 valence electrons. The van der Waals surface area contributed by atoms with Crippen LogP contribution in [0.5, 0.6) is 0 Å². The molecule has 0 N–H and O–H groups in total. The Morgan fingerprint density at radius 1 is 1.24 bits per heavy atom. The van der Waals surface area contributed by atoms with Crippen molar-refractivity contribution in [3.63, 3.8) is 0 Å². The van der Waals surface area contributed by atoms with Gasteiger partial charge in [0.05, 0.1) is 29.5 Å². The highest BCUT2D eigenvalue weighted by molar-refractivity contribution is 5.84.